The van der Waals surface area contributed by atoms with Crippen molar-refractivity contribution >= 4 is 11.6 Å². The monoisotopic (exact) mass is 306 g/mol. The lowest BCUT2D eigenvalue weighted by Crippen LogP contribution is -2.00. The number of hydrogen-bond donors (Lipinski definition) is 3. The van der Waals surface area contributed by atoms with Gasteiger partial charge in [-0.15, -0.1) is 0 Å². The van der Waals surface area contributed by atoms with Crippen LogP contribution in [-0.2, 0) is 6.42 Å². The molecule has 0 saturated heterocycles. The molecule has 110 valence electrons. The highest BCUT2D eigenvalue weighted by Crippen LogP contribution is 2.37. The lowest BCUT2D eigenvalue weighted by molar-refractivity contribution is 0.414. The highest BCUT2D eigenvalue weighted by molar-refractivity contribution is 6.32. The summed E-state index contributed by atoms with van der Waals surface area (Å²) in [6.45, 7) is 0. The van der Waals surface area contributed by atoms with Gasteiger partial charge in [0.25, 0.3) is 0 Å². The second-order valence-electron chi connectivity index (χ2n) is 4.56. The Morgan fingerprint density at radius 2 is 1.86 bits per heavy atom. The van der Waals surface area contributed by atoms with Gasteiger partial charge in [0.1, 0.15) is 23.3 Å². The maximum Gasteiger partial charge on any atom is 0.137 e. The average molecular weight is 307 g/mol. The van der Waals surface area contributed by atoms with Crippen LogP contribution in [0.25, 0.3) is 0 Å². The SMILES string of the molecule is COc1ccc(CC(N=N)c2cc(Cl)c(O)cc2O)cc1. The summed E-state index contributed by atoms with van der Waals surface area (Å²) in [6.07, 6.45) is 0.433. The number of ether oxygens (including phenoxy) is 1. The van der Waals surface area contributed by atoms with E-state index < -0.39 is 6.04 Å². The van der Waals surface area contributed by atoms with Crippen molar-refractivity contribution in [3.63, 3.8) is 0 Å². The van der Waals surface area contributed by atoms with Gasteiger partial charge in [0.2, 0.25) is 0 Å². The number of phenolic OH excluding ortho intramolecular Hbond substituents is 2. The van der Waals surface area contributed by atoms with Gasteiger partial charge in [-0.3, -0.25) is 0 Å². The van der Waals surface area contributed by atoms with E-state index in [0.29, 0.717) is 12.0 Å². The van der Waals surface area contributed by atoms with Crippen LogP contribution >= 0.6 is 11.6 Å². The number of nitrogens with zero attached hydrogens (tertiary/aromatic N) is 1. The summed E-state index contributed by atoms with van der Waals surface area (Å²) in [5.74, 6) is 0.408. The van der Waals surface area contributed by atoms with E-state index in [2.05, 4.69) is 5.11 Å². The topological polar surface area (TPSA) is 85.9 Å². The Hall–Kier alpha value is -2.27. The lowest BCUT2D eigenvalue weighted by atomic mass is 9.98. The van der Waals surface area contributed by atoms with Gasteiger partial charge in [0.05, 0.1) is 12.1 Å². The van der Waals surface area contributed by atoms with Crippen LogP contribution in [0.2, 0.25) is 5.02 Å². The van der Waals surface area contributed by atoms with Crippen molar-refractivity contribution in [3.8, 4) is 17.2 Å². The molecule has 5 nitrogen and oxygen atoms in total. The third-order valence-electron chi connectivity index (χ3n) is 3.20. The van der Waals surface area contributed by atoms with Crippen LogP contribution in [0.3, 0.4) is 0 Å². The van der Waals surface area contributed by atoms with Crippen LogP contribution in [0, 0.1) is 5.53 Å². The molecule has 2 rings (SSSR count). The fraction of sp³-hybridized carbons (Fsp3) is 0.200. The van der Waals surface area contributed by atoms with Crippen molar-refractivity contribution in [1.29, 1.82) is 5.53 Å². The minimum absolute atomic E-state index is 0.117. The first kappa shape index (κ1) is 15.1. The van der Waals surface area contributed by atoms with Crippen molar-refractivity contribution in [2.45, 2.75) is 12.5 Å². The Bertz CT molecular complexity index is 644. The van der Waals surface area contributed by atoms with E-state index in [9.17, 15) is 10.2 Å². The predicted octanol–water partition coefficient (Wildman–Crippen LogP) is 4.07. The number of halogens is 1. The van der Waals surface area contributed by atoms with Crippen LogP contribution in [0.1, 0.15) is 17.2 Å². The number of benzene rings is 2. The molecule has 2 aromatic rings. The van der Waals surface area contributed by atoms with Crippen LogP contribution in [0.5, 0.6) is 17.2 Å². The molecule has 0 amide bonds. The van der Waals surface area contributed by atoms with E-state index in [1.807, 2.05) is 24.3 Å². The summed E-state index contributed by atoms with van der Waals surface area (Å²) in [4.78, 5) is 0. The second kappa shape index (κ2) is 6.45. The molecule has 0 aromatic heterocycles. The minimum Gasteiger partial charge on any atom is -0.507 e. The van der Waals surface area contributed by atoms with Gasteiger partial charge in [-0.25, -0.2) is 5.53 Å². The first-order valence-electron chi connectivity index (χ1n) is 6.26. The van der Waals surface area contributed by atoms with Gasteiger partial charge in [-0.2, -0.15) is 5.11 Å². The Kier molecular flexibility index (Phi) is 4.65. The zero-order valence-corrected chi connectivity index (χ0v) is 12.1. The van der Waals surface area contributed by atoms with Crippen LogP contribution in [-0.4, -0.2) is 17.3 Å². The maximum absolute atomic E-state index is 9.90. The zero-order valence-electron chi connectivity index (χ0n) is 11.4. The number of methoxy groups -OCH3 is 1. The summed E-state index contributed by atoms with van der Waals surface area (Å²) < 4.78 is 5.09. The number of nitrogens with one attached hydrogen (secondary N) is 1. The molecule has 0 radical (unpaired) electrons. The Morgan fingerprint density at radius 1 is 1.19 bits per heavy atom. The molecule has 0 heterocycles. The number of aromatic hydroxyl groups is 2. The first-order chi connectivity index (χ1) is 10.0. The van der Waals surface area contributed by atoms with Crippen molar-refractivity contribution in [2.75, 3.05) is 7.11 Å². The third-order valence-corrected chi connectivity index (χ3v) is 3.50. The van der Waals surface area contributed by atoms with E-state index >= 15 is 0 Å². The summed E-state index contributed by atoms with van der Waals surface area (Å²) in [5.41, 5.74) is 8.68. The summed E-state index contributed by atoms with van der Waals surface area (Å²) in [5, 5.41) is 23.0. The molecule has 0 aliphatic rings. The number of phenols is 2. The molecular formula is C15H15ClN2O3. The highest BCUT2D eigenvalue weighted by atomic mass is 35.5. The fourth-order valence-electron chi connectivity index (χ4n) is 2.04. The molecule has 0 saturated carbocycles. The van der Waals surface area contributed by atoms with Crippen LogP contribution in [0.15, 0.2) is 41.5 Å². The fourth-order valence-corrected chi connectivity index (χ4v) is 2.22. The molecule has 2 aromatic carbocycles. The van der Waals surface area contributed by atoms with E-state index in [-0.39, 0.29) is 16.5 Å². The smallest absolute Gasteiger partial charge is 0.137 e. The second-order valence-corrected chi connectivity index (χ2v) is 4.97. The molecular weight excluding hydrogens is 292 g/mol. The van der Waals surface area contributed by atoms with E-state index in [1.165, 1.54) is 6.07 Å². The predicted molar refractivity (Wildman–Crippen MR) is 79.4 cm³/mol. The standard InChI is InChI=1S/C15H15ClN2O3/c1-21-10-4-2-9(3-5-10)6-13(18-17)11-7-12(16)15(20)8-14(11)19/h2-5,7-8,13,17,19-20H,6H2,1H3. The van der Waals surface area contributed by atoms with Crippen LogP contribution in [0.4, 0.5) is 0 Å². The van der Waals surface area contributed by atoms with Crippen molar-refractivity contribution in [2.24, 2.45) is 5.11 Å². The van der Waals surface area contributed by atoms with Gasteiger partial charge in [0.15, 0.2) is 0 Å². The summed E-state index contributed by atoms with van der Waals surface area (Å²) in [6, 6.07) is 9.39. The molecule has 21 heavy (non-hydrogen) atoms. The van der Waals surface area contributed by atoms with E-state index in [4.69, 9.17) is 21.9 Å². The number of rotatable bonds is 5. The molecule has 0 bridgehead atoms. The lowest BCUT2D eigenvalue weighted by Gasteiger charge is -2.14. The van der Waals surface area contributed by atoms with Crippen molar-refractivity contribution in [3.05, 3.63) is 52.5 Å². The first-order valence-corrected chi connectivity index (χ1v) is 6.63. The molecule has 6 heteroatoms. The van der Waals surface area contributed by atoms with E-state index in [1.54, 1.807) is 7.11 Å². The Balaban J connectivity index is 2.27. The molecule has 0 spiro atoms. The quantitative estimate of drug-likeness (QED) is 0.728. The summed E-state index contributed by atoms with van der Waals surface area (Å²) in [7, 11) is 1.59. The highest BCUT2D eigenvalue weighted by Gasteiger charge is 2.18. The van der Waals surface area contributed by atoms with Gasteiger partial charge in [-0.1, -0.05) is 23.7 Å². The molecule has 0 aliphatic heterocycles. The van der Waals surface area contributed by atoms with E-state index in [0.717, 1.165) is 17.4 Å². The molecule has 1 atom stereocenters. The van der Waals surface area contributed by atoms with Gasteiger partial charge in [-0.05, 0) is 23.8 Å². The Labute approximate surface area is 127 Å². The normalized spacial score (nSPS) is 11.9. The minimum atomic E-state index is -0.573. The molecule has 1 unspecified atom stereocenters. The zero-order chi connectivity index (χ0) is 15.4. The number of hydrogen-bond acceptors (Lipinski definition) is 5. The molecule has 0 fully saturated rings. The molecule has 0 aliphatic carbocycles. The van der Waals surface area contributed by atoms with Crippen LogP contribution < -0.4 is 4.74 Å². The van der Waals surface area contributed by atoms with Crippen molar-refractivity contribution < 1.29 is 14.9 Å². The summed E-state index contributed by atoms with van der Waals surface area (Å²) >= 11 is 5.85. The largest absolute Gasteiger partial charge is 0.507 e. The van der Waals surface area contributed by atoms with Gasteiger partial charge in [0, 0.05) is 18.1 Å². The van der Waals surface area contributed by atoms with Gasteiger partial charge >= 0.3 is 0 Å². The third kappa shape index (κ3) is 3.44. The maximum atomic E-state index is 9.90. The van der Waals surface area contributed by atoms with Gasteiger partial charge < -0.3 is 14.9 Å². The average Bonchev–Trinajstić information content (AvgIpc) is 2.49. The molecule has 3 N–H and O–H groups in total. The van der Waals surface area contributed by atoms with Crippen molar-refractivity contribution in [1.82, 2.24) is 0 Å². The Morgan fingerprint density at radius 3 is 2.43 bits per heavy atom.